The van der Waals surface area contributed by atoms with Gasteiger partial charge in [-0.2, -0.15) is 0 Å². The summed E-state index contributed by atoms with van der Waals surface area (Å²) in [6, 6.07) is 7.04. The molecule has 0 bridgehead atoms. The molecule has 0 fully saturated rings. The molecule has 1 aromatic carbocycles. The van der Waals surface area contributed by atoms with Gasteiger partial charge in [0.25, 0.3) is 5.91 Å². The molecule has 110 valence electrons. The Morgan fingerprint density at radius 1 is 1.38 bits per heavy atom. The molecule has 21 heavy (non-hydrogen) atoms. The van der Waals surface area contributed by atoms with E-state index in [0.717, 1.165) is 11.3 Å². The highest BCUT2D eigenvalue weighted by Gasteiger charge is 2.13. The topological polar surface area (TPSA) is 89.3 Å². The number of pyridine rings is 1. The second kappa shape index (κ2) is 6.55. The van der Waals surface area contributed by atoms with Crippen molar-refractivity contribution in [3.05, 3.63) is 46.1 Å². The van der Waals surface area contributed by atoms with Crippen LogP contribution in [0.4, 0.5) is 11.5 Å². The summed E-state index contributed by atoms with van der Waals surface area (Å²) in [5.74, 6) is 6.14. The molecule has 6 nitrogen and oxygen atoms in total. The maximum atomic E-state index is 12.3. The molecular weight excluding hydrogens is 336 g/mol. The molecule has 0 radical (unpaired) electrons. The molecule has 0 spiro atoms. The van der Waals surface area contributed by atoms with Crippen LogP contribution in [0.2, 0.25) is 0 Å². The monoisotopic (exact) mass is 350 g/mol. The Hall–Kier alpha value is -2.12. The molecule has 7 heteroatoms. The summed E-state index contributed by atoms with van der Waals surface area (Å²) in [4.78, 5) is 16.4. The Morgan fingerprint density at radius 3 is 2.76 bits per heavy atom. The van der Waals surface area contributed by atoms with Crippen molar-refractivity contribution < 1.29 is 9.53 Å². The molecule has 0 saturated heterocycles. The molecule has 0 atom stereocenters. The summed E-state index contributed by atoms with van der Waals surface area (Å²) in [7, 11) is 1.60. The van der Waals surface area contributed by atoms with Crippen LogP contribution >= 0.6 is 15.9 Å². The van der Waals surface area contributed by atoms with Crippen molar-refractivity contribution >= 4 is 33.3 Å². The lowest BCUT2D eigenvalue weighted by atomic mass is 10.2. The van der Waals surface area contributed by atoms with Gasteiger partial charge >= 0.3 is 0 Å². The summed E-state index contributed by atoms with van der Waals surface area (Å²) in [6.07, 6.45) is 1.56. The lowest BCUT2D eigenvalue weighted by molar-refractivity contribution is 0.102. The van der Waals surface area contributed by atoms with Crippen molar-refractivity contribution in [1.82, 2.24) is 4.98 Å². The number of halogens is 1. The summed E-state index contributed by atoms with van der Waals surface area (Å²) in [6.45, 7) is 1.90. The van der Waals surface area contributed by atoms with E-state index in [4.69, 9.17) is 10.6 Å². The molecule has 2 aromatic rings. The van der Waals surface area contributed by atoms with Gasteiger partial charge in [0, 0.05) is 16.4 Å². The zero-order valence-corrected chi connectivity index (χ0v) is 13.2. The van der Waals surface area contributed by atoms with E-state index >= 15 is 0 Å². The Kier molecular flexibility index (Phi) is 4.77. The average molecular weight is 351 g/mol. The number of benzene rings is 1. The highest BCUT2D eigenvalue weighted by molar-refractivity contribution is 9.10. The van der Waals surface area contributed by atoms with E-state index < -0.39 is 0 Å². The lowest BCUT2D eigenvalue weighted by Gasteiger charge is -2.11. The van der Waals surface area contributed by atoms with Crippen LogP contribution in [0.3, 0.4) is 0 Å². The normalized spacial score (nSPS) is 10.1. The van der Waals surface area contributed by atoms with Gasteiger partial charge < -0.3 is 15.5 Å². The predicted molar refractivity (Wildman–Crippen MR) is 85.4 cm³/mol. The van der Waals surface area contributed by atoms with Crippen LogP contribution in [0.15, 0.2) is 34.9 Å². The van der Waals surface area contributed by atoms with Crippen LogP contribution in [0.1, 0.15) is 15.9 Å². The van der Waals surface area contributed by atoms with Gasteiger partial charge in [-0.05, 0) is 52.7 Å². The first-order valence-electron chi connectivity index (χ1n) is 6.13. The third kappa shape index (κ3) is 3.50. The van der Waals surface area contributed by atoms with Gasteiger partial charge in [0.15, 0.2) is 5.82 Å². The van der Waals surface area contributed by atoms with Crippen molar-refractivity contribution in [1.29, 1.82) is 0 Å². The zero-order valence-electron chi connectivity index (χ0n) is 11.6. The summed E-state index contributed by atoms with van der Waals surface area (Å²) in [5, 5.41) is 2.80. The number of aromatic nitrogens is 1. The van der Waals surface area contributed by atoms with Crippen molar-refractivity contribution in [3.8, 4) is 5.75 Å². The molecule has 0 aliphatic heterocycles. The first kappa shape index (κ1) is 15.3. The smallest absolute Gasteiger partial charge is 0.259 e. The number of nitrogen functional groups attached to an aromatic ring is 1. The molecule has 2 rings (SSSR count). The predicted octanol–water partition coefficient (Wildman–Crippen LogP) is 2.70. The SMILES string of the molecule is COc1ccc(NC(=O)c2cc(Br)cnc2NN)cc1C. The summed E-state index contributed by atoms with van der Waals surface area (Å²) >= 11 is 3.28. The number of anilines is 2. The van der Waals surface area contributed by atoms with Gasteiger partial charge in [-0.1, -0.05) is 0 Å². The Balaban J connectivity index is 2.26. The minimum atomic E-state index is -0.304. The number of nitrogens with two attached hydrogens (primary N) is 1. The maximum Gasteiger partial charge on any atom is 0.259 e. The fourth-order valence-electron chi connectivity index (χ4n) is 1.88. The third-order valence-corrected chi connectivity index (χ3v) is 3.32. The van der Waals surface area contributed by atoms with Crippen molar-refractivity contribution in [3.63, 3.8) is 0 Å². The van der Waals surface area contributed by atoms with E-state index in [-0.39, 0.29) is 5.91 Å². The van der Waals surface area contributed by atoms with Crippen molar-refractivity contribution in [2.45, 2.75) is 6.92 Å². The van der Waals surface area contributed by atoms with Gasteiger partial charge in [0.1, 0.15) is 5.75 Å². The quantitative estimate of drug-likeness (QED) is 0.582. The maximum absolute atomic E-state index is 12.3. The first-order chi connectivity index (χ1) is 10.0. The van der Waals surface area contributed by atoms with E-state index in [0.29, 0.717) is 21.5 Å². The molecule has 0 saturated carbocycles. The number of nitrogens with zero attached hydrogens (tertiary/aromatic N) is 1. The number of carbonyl (C=O) groups is 1. The van der Waals surface area contributed by atoms with Gasteiger partial charge in [-0.25, -0.2) is 10.8 Å². The van der Waals surface area contributed by atoms with Crippen LogP contribution < -0.4 is 21.3 Å². The third-order valence-electron chi connectivity index (χ3n) is 2.89. The second-order valence-corrected chi connectivity index (χ2v) is 5.25. The standard InChI is InChI=1S/C14H15BrN4O2/c1-8-5-10(3-4-12(8)21-2)18-14(20)11-6-9(15)7-17-13(11)19-16/h3-7H,16H2,1-2H3,(H,17,19)(H,18,20). The first-order valence-corrected chi connectivity index (χ1v) is 6.92. The summed E-state index contributed by atoms with van der Waals surface area (Å²) < 4.78 is 5.88. The molecule has 1 heterocycles. The van der Waals surface area contributed by atoms with E-state index in [2.05, 4.69) is 31.7 Å². The van der Waals surface area contributed by atoms with Gasteiger partial charge in [0.2, 0.25) is 0 Å². The number of methoxy groups -OCH3 is 1. The minimum absolute atomic E-state index is 0.304. The van der Waals surface area contributed by atoms with Crippen molar-refractivity contribution in [2.75, 3.05) is 17.9 Å². The minimum Gasteiger partial charge on any atom is -0.496 e. The fourth-order valence-corrected chi connectivity index (χ4v) is 2.21. The van der Waals surface area contributed by atoms with Crippen LogP contribution in [-0.4, -0.2) is 18.0 Å². The molecule has 0 aliphatic rings. The lowest BCUT2D eigenvalue weighted by Crippen LogP contribution is -2.18. The average Bonchev–Trinajstić information content (AvgIpc) is 2.47. The molecule has 1 aromatic heterocycles. The molecule has 4 N–H and O–H groups in total. The Morgan fingerprint density at radius 2 is 2.14 bits per heavy atom. The van der Waals surface area contributed by atoms with Crippen molar-refractivity contribution in [2.24, 2.45) is 5.84 Å². The number of hydrogen-bond donors (Lipinski definition) is 3. The van der Waals surface area contributed by atoms with E-state index in [1.807, 2.05) is 13.0 Å². The fraction of sp³-hybridized carbons (Fsp3) is 0.143. The van der Waals surface area contributed by atoms with E-state index in [1.165, 1.54) is 0 Å². The van der Waals surface area contributed by atoms with Crippen LogP contribution in [0.25, 0.3) is 0 Å². The number of ether oxygens (including phenoxy) is 1. The highest BCUT2D eigenvalue weighted by atomic mass is 79.9. The molecule has 0 aliphatic carbocycles. The largest absolute Gasteiger partial charge is 0.496 e. The highest BCUT2D eigenvalue weighted by Crippen LogP contribution is 2.23. The number of rotatable bonds is 4. The number of hydrogen-bond acceptors (Lipinski definition) is 5. The molecule has 1 amide bonds. The van der Waals surface area contributed by atoms with Crippen LogP contribution in [0, 0.1) is 6.92 Å². The Labute approximate surface area is 130 Å². The van der Waals surface area contributed by atoms with Crippen LogP contribution in [-0.2, 0) is 0 Å². The van der Waals surface area contributed by atoms with Crippen LogP contribution in [0.5, 0.6) is 5.75 Å². The second-order valence-electron chi connectivity index (χ2n) is 4.33. The number of hydrazine groups is 1. The number of nitrogens with one attached hydrogen (secondary N) is 2. The number of amides is 1. The van der Waals surface area contributed by atoms with Gasteiger partial charge in [-0.3, -0.25) is 4.79 Å². The number of carbonyl (C=O) groups excluding carboxylic acids is 1. The van der Waals surface area contributed by atoms with E-state index in [9.17, 15) is 4.79 Å². The molecule has 0 unspecified atom stereocenters. The zero-order chi connectivity index (χ0) is 15.4. The van der Waals surface area contributed by atoms with Gasteiger partial charge in [0.05, 0.1) is 12.7 Å². The van der Waals surface area contributed by atoms with E-state index in [1.54, 1.807) is 31.5 Å². The Bertz CT molecular complexity index is 676. The summed E-state index contributed by atoms with van der Waals surface area (Å²) in [5.41, 5.74) is 4.35. The molecular formula is C14H15BrN4O2. The van der Waals surface area contributed by atoms with Gasteiger partial charge in [-0.15, -0.1) is 0 Å². The number of aryl methyl sites for hydroxylation is 1.